The number of anilines is 1. The molecule has 1 saturated carbocycles. The van der Waals surface area contributed by atoms with Gasteiger partial charge >= 0.3 is 0 Å². The Hall–Kier alpha value is -3.33. The van der Waals surface area contributed by atoms with Crippen molar-refractivity contribution in [1.29, 1.82) is 0 Å². The highest BCUT2D eigenvalue weighted by atomic mass is 16.3. The number of rotatable bonds is 5. The number of hydrogen-bond donors (Lipinski definition) is 2. The number of carbonyl (C=O) groups excluding carboxylic acids is 1. The molecule has 1 aliphatic carbocycles. The second-order valence-electron chi connectivity index (χ2n) is 8.02. The van der Waals surface area contributed by atoms with Crippen LogP contribution in [-0.4, -0.2) is 40.2 Å². The molecule has 0 radical (unpaired) electrons. The van der Waals surface area contributed by atoms with Crippen LogP contribution in [-0.2, 0) is 16.8 Å². The lowest BCUT2D eigenvalue weighted by molar-refractivity contribution is -0.117. The number of fused-ring (bicyclic) bond motifs is 2. The molecule has 0 saturated heterocycles. The van der Waals surface area contributed by atoms with Crippen molar-refractivity contribution >= 4 is 23.0 Å². The van der Waals surface area contributed by atoms with E-state index in [1.54, 1.807) is 24.6 Å². The first kappa shape index (κ1) is 17.7. The van der Waals surface area contributed by atoms with Crippen LogP contribution in [0.4, 0.5) is 5.82 Å². The van der Waals surface area contributed by atoms with Crippen LogP contribution in [0.5, 0.6) is 0 Å². The van der Waals surface area contributed by atoms with E-state index in [1.165, 1.54) is 0 Å². The lowest BCUT2D eigenvalue weighted by atomic mass is 10.0. The summed E-state index contributed by atoms with van der Waals surface area (Å²) < 4.78 is 3.53. The van der Waals surface area contributed by atoms with E-state index in [4.69, 9.17) is 0 Å². The average Bonchev–Trinajstić information content (AvgIpc) is 3.35. The van der Waals surface area contributed by atoms with Gasteiger partial charge in [0.1, 0.15) is 5.82 Å². The Morgan fingerprint density at radius 3 is 2.72 bits per heavy atom. The van der Waals surface area contributed by atoms with Crippen molar-refractivity contribution in [2.45, 2.75) is 38.7 Å². The average molecular weight is 391 g/mol. The number of nitrogens with zero attached hydrogens (tertiary/aromatic N) is 6. The van der Waals surface area contributed by atoms with Gasteiger partial charge in [-0.2, -0.15) is 5.10 Å². The molecule has 0 aromatic carbocycles. The van der Waals surface area contributed by atoms with Gasteiger partial charge in [-0.05, 0) is 50.5 Å². The smallest absolute Gasteiger partial charge is 0.228 e. The number of aromatic nitrogens is 6. The molecular weight excluding hydrogens is 370 g/mol. The fourth-order valence-corrected chi connectivity index (χ4v) is 3.23. The minimum Gasteiger partial charge on any atom is -0.386 e. The SMILES string of the molecule is CC(C)(O)c1ccc2nnc(Cc3ccc4nc(NC(=O)C5CC5)cn4n3)n2c1. The maximum absolute atomic E-state index is 11.9. The Kier molecular flexibility index (Phi) is 3.88. The largest absolute Gasteiger partial charge is 0.386 e. The molecule has 29 heavy (non-hydrogen) atoms. The first-order valence-electron chi connectivity index (χ1n) is 9.59. The maximum Gasteiger partial charge on any atom is 0.228 e. The van der Waals surface area contributed by atoms with Crippen LogP contribution in [0.3, 0.4) is 0 Å². The predicted octanol–water partition coefficient (Wildman–Crippen LogP) is 1.94. The molecule has 1 aliphatic rings. The van der Waals surface area contributed by atoms with Gasteiger partial charge in [-0.25, -0.2) is 9.50 Å². The van der Waals surface area contributed by atoms with Crippen molar-refractivity contribution in [2.75, 3.05) is 5.32 Å². The standard InChI is InChI=1S/C20H21N7O2/c1-20(2,29)13-5-7-17-23-24-18(26(17)10-13)9-14-6-8-16-21-15(11-27(16)25-14)22-19(28)12-3-4-12/h5-8,10-12,29H,3-4,9H2,1-2H3,(H,22,28). The normalized spacial score (nSPS) is 14.6. The van der Waals surface area contributed by atoms with E-state index >= 15 is 0 Å². The lowest BCUT2D eigenvalue weighted by Gasteiger charge is -2.17. The highest BCUT2D eigenvalue weighted by molar-refractivity contribution is 5.93. The van der Waals surface area contributed by atoms with Crippen molar-refractivity contribution < 1.29 is 9.90 Å². The van der Waals surface area contributed by atoms with Gasteiger partial charge in [-0.15, -0.1) is 10.2 Å². The molecule has 0 spiro atoms. The van der Waals surface area contributed by atoms with E-state index in [0.717, 1.165) is 29.9 Å². The van der Waals surface area contributed by atoms with Crippen LogP contribution in [0.2, 0.25) is 0 Å². The molecule has 1 fully saturated rings. The number of imidazole rings is 1. The van der Waals surface area contributed by atoms with E-state index < -0.39 is 5.60 Å². The number of aliphatic hydroxyl groups is 1. The third-order valence-electron chi connectivity index (χ3n) is 5.09. The second-order valence-corrected chi connectivity index (χ2v) is 8.02. The van der Waals surface area contributed by atoms with Gasteiger partial charge in [0, 0.05) is 12.1 Å². The Balaban J connectivity index is 1.43. The molecule has 2 N–H and O–H groups in total. The summed E-state index contributed by atoms with van der Waals surface area (Å²) in [5.74, 6) is 1.37. The minimum atomic E-state index is -0.953. The molecule has 148 valence electrons. The quantitative estimate of drug-likeness (QED) is 0.538. The van der Waals surface area contributed by atoms with E-state index in [2.05, 4.69) is 25.6 Å². The van der Waals surface area contributed by atoms with Gasteiger partial charge in [0.15, 0.2) is 17.1 Å². The lowest BCUT2D eigenvalue weighted by Crippen LogP contribution is -2.16. The summed E-state index contributed by atoms with van der Waals surface area (Å²) in [6.07, 6.45) is 5.93. The zero-order chi connectivity index (χ0) is 20.2. The van der Waals surface area contributed by atoms with Gasteiger partial charge in [-0.3, -0.25) is 9.20 Å². The highest BCUT2D eigenvalue weighted by Gasteiger charge is 2.30. The van der Waals surface area contributed by atoms with Gasteiger partial charge in [0.25, 0.3) is 0 Å². The molecule has 1 amide bonds. The fourth-order valence-electron chi connectivity index (χ4n) is 3.23. The van der Waals surface area contributed by atoms with Crippen LogP contribution in [0.15, 0.2) is 36.7 Å². The van der Waals surface area contributed by atoms with Crippen molar-refractivity contribution in [3.8, 4) is 0 Å². The summed E-state index contributed by atoms with van der Waals surface area (Å²) in [7, 11) is 0. The molecule has 0 unspecified atom stereocenters. The summed E-state index contributed by atoms with van der Waals surface area (Å²) in [4.78, 5) is 16.3. The molecular formula is C20H21N7O2. The van der Waals surface area contributed by atoms with Crippen molar-refractivity contribution in [2.24, 2.45) is 5.92 Å². The molecule has 9 heteroatoms. The fraction of sp³-hybridized carbons (Fsp3) is 0.350. The first-order chi connectivity index (χ1) is 13.9. The molecule has 4 aromatic heterocycles. The Morgan fingerprint density at radius 2 is 1.97 bits per heavy atom. The highest BCUT2D eigenvalue weighted by Crippen LogP contribution is 2.30. The van der Waals surface area contributed by atoms with E-state index in [-0.39, 0.29) is 11.8 Å². The molecule has 0 bridgehead atoms. The zero-order valence-electron chi connectivity index (χ0n) is 16.2. The molecule has 5 rings (SSSR count). The Morgan fingerprint density at radius 1 is 1.17 bits per heavy atom. The van der Waals surface area contributed by atoms with Crippen LogP contribution in [0.25, 0.3) is 11.3 Å². The van der Waals surface area contributed by atoms with Crippen molar-refractivity contribution in [1.82, 2.24) is 29.2 Å². The van der Waals surface area contributed by atoms with Crippen LogP contribution >= 0.6 is 0 Å². The van der Waals surface area contributed by atoms with Crippen molar-refractivity contribution in [3.63, 3.8) is 0 Å². The summed E-state index contributed by atoms with van der Waals surface area (Å²) >= 11 is 0. The number of hydrogen-bond acceptors (Lipinski definition) is 6. The topological polar surface area (TPSA) is 110 Å². The first-order valence-corrected chi connectivity index (χ1v) is 9.59. The van der Waals surface area contributed by atoms with Crippen LogP contribution < -0.4 is 5.32 Å². The molecule has 9 nitrogen and oxygen atoms in total. The number of pyridine rings is 1. The van der Waals surface area contributed by atoms with E-state index in [1.807, 2.05) is 34.9 Å². The number of amides is 1. The summed E-state index contributed by atoms with van der Waals surface area (Å²) in [5, 5.41) is 26.2. The van der Waals surface area contributed by atoms with Gasteiger partial charge in [0.05, 0.1) is 23.9 Å². The zero-order valence-corrected chi connectivity index (χ0v) is 16.2. The predicted molar refractivity (Wildman–Crippen MR) is 105 cm³/mol. The molecule has 0 atom stereocenters. The van der Waals surface area contributed by atoms with E-state index in [9.17, 15) is 9.90 Å². The summed E-state index contributed by atoms with van der Waals surface area (Å²) in [6, 6.07) is 7.43. The monoisotopic (exact) mass is 391 g/mol. The number of nitrogens with one attached hydrogen (secondary N) is 1. The molecule has 4 heterocycles. The third kappa shape index (κ3) is 3.44. The maximum atomic E-state index is 11.9. The van der Waals surface area contributed by atoms with Gasteiger partial charge in [0.2, 0.25) is 5.91 Å². The summed E-state index contributed by atoms with van der Waals surface area (Å²) in [6.45, 7) is 3.48. The van der Waals surface area contributed by atoms with E-state index in [0.29, 0.717) is 23.5 Å². The molecule has 4 aromatic rings. The minimum absolute atomic E-state index is 0.0196. The Bertz CT molecular complexity index is 1230. The number of carbonyl (C=O) groups is 1. The second kappa shape index (κ2) is 6.35. The third-order valence-corrected chi connectivity index (χ3v) is 5.09. The van der Waals surface area contributed by atoms with Crippen molar-refractivity contribution in [3.05, 3.63) is 53.7 Å². The van der Waals surface area contributed by atoms with Gasteiger partial charge < -0.3 is 10.4 Å². The van der Waals surface area contributed by atoms with Crippen LogP contribution in [0.1, 0.15) is 43.8 Å². The Labute approximate surface area is 166 Å². The van der Waals surface area contributed by atoms with Gasteiger partial charge in [-0.1, -0.05) is 6.07 Å². The van der Waals surface area contributed by atoms with Crippen LogP contribution in [0, 0.1) is 5.92 Å². The molecule has 0 aliphatic heterocycles. The summed E-state index contributed by atoms with van der Waals surface area (Å²) in [5.41, 5.74) is 1.99.